The predicted molar refractivity (Wildman–Crippen MR) is 103 cm³/mol. The van der Waals surface area contributed by atoms with Crippen molar-refractivity contribution in [2.45, 2.75) is 24.8 Å². The largest absolute Gasteiger partial charge is 0.497 e. The van der Waals surface area contributed by atoms with Crippen LogP contribution in [0.15, 0.2) is 35.6 Å². The highest BCUT2D eigenvalue weighted by molar-refractivity contribution is 7.99. The van der Waals surface area contributed by atoms with E-state index in [9.17, 15) is 4.79 Å². The van der Waals surface area contributed by atoms with Crippen LogP contribution < -0.4 is 10.5 Å². The number of carbonyl (C=O) groups is 1. The van der Waals surface area contributed by atoms with E-state index in [0.29, 0.717) is 6.42 Å². The van der Waals surface area contributed by atoms with Gasteiger partial charge in [0.15, 0.2) is 0 Å². The van der Waals surface area contributed by atoms with Crippen molar-refractivity contribution in [2.75, 3.05) is 12.9 Å². The third kappa shape index (κ3) is 3.93. The Hall–Kier alpha value is -2.12. The smallest absolute Gasteiger partial charge is 0.217 e. The standard InChI is InChI=1S/C18H19N3O2S2/c1-11-15(12-5-7-13(23-2)8-6-12)16-17(20-10-21-18(16)25-11)24-9-3-4-14(19)22/h5-8,10H,3-4,9H2,1-2H3,(H2,19,22). The molecule has 2 N–H and O–H groups in total. The highest BCUT2D eigenvalue weighted by Crippen LogP contribution is 2.41. The van der Waals surface area contributed by atoms with Crippen LogP contribution in [-0.2, 0) is 4.79 Å². The van der Waals surface area contributed by atoms with E-state index in [2.05, 4.69) is 29.0 Å². The first kappa shape index (κ1) is 17.7. The molecule has 25 heavy (non-hydrogen) atoms. The average Bonchev–Trinajstić information content (AvgIpc) is 2.95. The maximum atomic E-state index is 10.9. The number of benzene rings is 1. The number of nitrogens with two attached hydrogens (primary N) is 1. The first-order valence-electron chi connectivity index (χ1n) is 7.89. The van der Waals surface area contributed by atoms with Crippen molar-refractivity contribution in [2.24, 2.45) is 5.73 Å². The van der Waals surface area contributed by atoms with Gasteiger partial charge in [0.1, 0.15) is 21.9 Å². The summed E-state index contributed by atoms with van der Waals surface area (Å²) in [5.74, 6) is 1.36. The molecule has 0 aliphatic rings. The molecule has 0 atom stereocenters. The molecule has 0 unspecified atom stereocenters. The van der Waals surface area contributed by atoms with Gasteiger partial charge in [-0.3, -0.25) is 4.79 Å². The summed E-state index contributed by atoms with van der Waals surface area (Å²) < 4.78 is 5.25. The summed E-state index contributed by atoms with van der Waals surface area (Å²) in [5.41, 5.74) is 7.50. The number of thioether (sulfide) groups is 1. The van der Waals surface area contributed by atoms with Crippen LogP contribution in [0.1, 0.15) is 17.7 Å². The molecule has 130 valence electrons. The molecule has 7 heteroatoms. The molecule has 0 spiro atoms. The lowest BCUT2D eigenvalue weighted by Crippen LogP contribution is -2.10. The Balaban J connectivity index is 1.97. The summed E-state index contributed by atoms with van der Waals surface area (Å²) in [5, 5.41) is 2.03. The Morgan fingerprint density at radius 3 is 2.72 bits per heavy atom. The second-order valence-corrected chi connectivity index (χ2v) is 7.83. The fraction of sp³-hybridized carbons (Fsp3) is 0.278. The van der Waals surface area contributed by atoms with Crippen molar-refractivity contribution >= 4 is 39.2 Å². The molecule has 0 fully saturated rings. The number of aromatic nitrogens is 2. The minimum absolute atomic E-state index is 0.265. The fourth-order valence-corrected chi connectivity index (χ4v) is 4.67. The molecule has 0 bridgehead atoms. The van der Waals surface area contributed by atoms with Crippen molar-refractivity contribution < 1.29 is 9.53 Å². The maximum absolute atomic E-state index is 10.9. The number of ether oxygens (including phenoxy) is 1. The predicted octanol–water partition coefficient (Wildman–Crippen LogP) is 4.03. The van der Waals surface area contributed by atoms with Gasteiger partial charge >= 0.3 is 0 Å². The van der Waals surface area contributed by atoms with Crippen LogP contribution in [0, 0.1) is 6.92 Å². The van der Waals surface area contributed by atoms with Crippen molar-refractivity contribution in [1.82, 2.24) is 9.97 Å². The first-order chi connectivity index (χ1) is 12.1. The molecule has 1 amide bonds. The van der Waals surface area contributed by atoms with Crippen molar-refractivity contribution in [3.05, 3.63) is 35.5 Å². The number of carbonyl (C=O) groups excluding carboxylic acids is 1. The third-order valence-corrected chi connectivity index (χ3v) is 5.90. The fourth-order valence-electron chi connectivity index (χ4n) is 2.65. The van der Waals surface area contributed by atoms with Gasteiger partial charge in [-0.05, 0) is 31.0 Å². The Kier molecular flexibility index (Phi) is 5.55. The maximum Gasteiger partial charge on any atom is 0.217 e. The number of fused-ring (bicyclic) bond motifs is 1. The van der Waals surface area contributed by atoms with E-state index in [1.165, 1.54) is 10.4 Å². The van der Waals surface area contributed by atoms with E-state index in [1.54, 1.807) is 36.5 Å². The van der Waals surface area contributed by atoms with Crippen LogP contribution in [-0.4, -0.2) is 28.7 Å². The number of hydrogen-bond acceptors (Lipinski definition) is 6. The second kappa shape index (κ2) is 7.84. The van der Waals surface area contributed by atoms with E-state index < -0.39 is 0 Å². The molecule has 3 aromatic rings. The number of primary amides is 1. The summed E-state index contributed by atoms with van der Waals surface area (Å²) >= 11 is 3.32. The van der Waals surface area contributed by atoms with Crippen molar-refractivity contribution in [1.29, 1.82) is 0 Å². The number of aryl methyl sites for hydroxylation is 1. The molecule has 3 rings (SSSR count). The SMILES string of the molecule is COc1ccc(-c2c(C)sc3ncnc(SCCCC(N)=O)c23)cc1. The number of nitrogens with zero attached hydrogens (tertiary/aromatic N) is 2. The Morgan fingerprint density at radius 2 is 2.04 bits per heavy atom. The van der Waals surface area contributed by atoms with E-state index in [1.807, 2.05) is 12.1 Å². The molecule has 2 aromatic heterocycles. The lowest BCUT2D eigenvalue weighted by Gasteiger charge is -2.07. The van der Waals surface area contributed by atoms with E-state index >= 15 is 0 Å². The molecular weight excluding hydrogens is 354 g/mol. The summed E-state index contributed by atoms with van der Waals surface area (Å²) in [6, 6.07) is 8.03. The van der Waals surface area contributed by atoms with Crippen molar-refractivity contribution in [3.63, 3.8) is 0 Å². The molecule has 2 heterocycles. The minimum atomic E-state index is -0.265. The summed E-state index contributed by atoms with van der Waals surface area (Å²) in [4.78, 5) is 22.0. The highest BCUT2D eigenvalue weighted by Gasteiger charge is 2.17. The van der Waals surface area contributed by atoms with E-state index in [4.69, 9.17) is 10.5 Å². The Bertz CT molecular complexity index is 891. The third-order valence-electron chi connectivity index (χ3n) is 3.81. The molecule has 0 saturated carbocycles. The summed E-state index contributed by atoms with van der Waals surface area (Å²) in [6.45, 7) is 2.10. The normalized spacial score (nSPS) is 11.0. The van der Waals surface area contributed by atoms with Crippen LogP contribution in [0.3, 0.4) is 0 Å². The van der Waals surface area contributed by atoms with Gasteiger partial charge in [-0.15, -0.1) is 23.1 Å². The zero-order valence-electron chi connectivity index (χ0n) is 14.1. The van der Waals surface area contributed by atoms with Crippen LogP contribution in [0.2, 0.25) is 0 Å². The van der Waals surface area contributed by atoms with Gasteiger partial charge < -0.3 is 10.5 Å². The zero-order valence-corrected chi connectivity index (χ0v) is 15.7. The first-order valence-corrected chi connectivity index (χ1v) is 9.70. The number of hydrogen-bond donors (Lipinski definition) is 1. The van der Waals surface area contributed by atoms with Gasteiger partial charge in [0.05, 0.1) is 12.5 Å². The van der Waals surface area contributed by atoms with E-state index in [-0.39, 0.29) is 5.91 Å². The van der Waals surface area contributed by atoms with Gasteiger partial charge in [-0.1, -0.05) is 12.1 Å². The number of amides is 1. The molecular formula is C18H19N3O2S2. The monoisotopic (exact) mass is 373 g/mol. The van der Waals surface area contributed by atoms with Gasteiger partial charge in [-0.25, -0.2) is 9.97 Å². The van der Waals surface area contributed by atoms with Gasteiger partial charge in [-0.2, -0.15) is 0 Å². The summed E-state index contributed by atoms with van der Waals surface area (Å²) in [6.07, 6.45) is 2.74. The zero-order chi connectivity index (χ0) is 17.8. The number of thiophene rings is 1. The van der Waals surface area contributed by atoms with Crippen LogP contribution in [0.5, 0.6) is 5.75 Å². The molecule has 5 nitrogen and oxygen atoms in total. The molecule has 0 aliphatic carbocycles. The van der Waals surface area contributed by atoms with Crippen LogP contribution in [0.25, 0.3) is 21.3 Å². The second-order valence-electron chi connectivity index (χ2n) is 5.54. The molecule has 0 aliphatic heterocycles. The molecule has 0 radical (unpaired) electrons. The van der Waals surface area contributed by atoms with Gasteiger partial charge in [0.2, 0.25) is 5.91 Å². The van der Waals surface area contributed by atoms with Crippen molar-refractivity contribution in [3.8, 4) is 16.9 Å². The van der Waals surface area contributed by atoms with Crippen LogP contribution >= 0.6 is 23.1 Å². The van der Waals surface area contributed by atoms with Gasteiger partial charge in [0, 0.05) is 22.6 Å². The highest BCUT2D eigenvalue weighted by atomic mass is 32.2. The topological polar surface area (TPSA) is 78.1 Å². The van der Waals surface area contributed by atoms with Gasteiger partial charge in [0.25, 0.3) is 0 Å². The lowest BCUT2D eigenvalue weighted by atomic mass is 10.0. The molecule has 1 aromatic carbocycles. The number of rotatable bonds is 7. The molecule has 0 saturated heterocycles. The quantitative estimate of drug-likeness (QED) is 0.384. The Labute approximate surface area is 154 Å². The van der Waals surface area contributed by atoms with E-state index in [0.717, 1.165) is 38.7 Å². The summed E-state index contributed by atoms with van der Waals surface area (Å²) in [7, 11) is 1.66. The average molecular weight is 374 g/mol. The minimum Gasteiger partial charge on any atom is -0.497 e. The lowest BCUT2D eigenvalue weighted by molar-refractivity contribution is -0.118. The number of methoxy groups -OCH3 is 1. The Morgan fingerprint density at radius 1 is 1.28 bits per heavy atom. The van der Waals surface area contributed by atoms with Crippen LogP contribution in [0.4, 0.5) is 0 Å².